The van der Waals surface area contributed by atoms with Crippen LogP contribution in [0, 0.1) is 0 Å². The monoisotopic (exact) mass is 500 g/mol. The molecule has 0 heterocycles. The smallest absolute Gasteiger partial charge is 0.242 e. The van der Waals surface area contributed by atoms with Crippen molar-refractivity contribution in [2.45, 2.75) is 57.7 Å². The molecule has 1 saturated carbocycles. The molecule has 0 saturated heterocycles. The van der Waals surface area contributed by atoms with Gasteiger partial charge in [-0.1, -0.05) is 71.4 Å². The molecule has 0 unspecified atom stereocenters. The van der Waals surface area contributed by atoms with Gasteiger partial charge in [-0.25, -0.2) is 0 Å². The molecule has 0 bridgehead atoms. The van der Waals surface area contributed by atoms with Crippen LogP contribution < -0.4 is 5.32 Å². The summed E-state index contributed by atoms with van der Waals surface area (Å²) in [6.07, 6.45) is 4.14. The van der Waals surface area contributed by atoms with E-state index in [1.54, 1.807) is 43.3 Å². The fourth-order valence-electron chi connectivity index (χ4n) is 3.76. The zero-order chi connectivity index (χ0) is 22.5. The Bertz CT molecular complexity index is 940. The summed E-state index contributed by atoms with van der Waals surface area (Å²) >= 11 is 24.7. The van der Waals surface area contributed by atoms with Crippen molar-refractivity contribution >= 4 is 58.2 Å². The first-order valence-corrected chi connectivity index (χ1v) is 11.7. The molecule has 0 spiro atoms. The molecule has 2 aromatic carbocycles. The molecule has 31 heavy (non-hydrogen) atoms. The first kappa shape index (κ1) is 24.2. The highest BCUT2D eigenvalue weighted by Gasteiger charge is 2.29. The standard InChI is InChI=1S/C23H24Cl4N2O2/c1-14(23(31)28-16-5-2-3-6-16)29(13-15-9-10-20(26)21(27)11-15)22(30)12-17-18(24)7-4-8-19(17)25/h4,7-11,14,16H,2-3,5-6,12-13H2,1H3,(H,28,31)/t14-/m1/s1. The molecule has 2 aromatic rings. The van der Waals surface area contributed by atoms with Gasteiger partial charge in [0.1, 0.15) is 6.04 Å². The molecule has 8 heteroatoms. The third-order valence-corrected chi connectivity index (χ3v) is 7.04. The number of carbonyl (C=O) groups is 2. The van der Waals surface area contributed by atoms with Crippen LogP contribution in [0.3, 0.4) is 0 Å². The number of nitrogens with zero attached hydrogens (tertiary/aromatic N) is 1. The molecule has 0 aromatic heterocycles. The maximum absolute atomic E-state index is 13.3. The molecule has 1 atom stereocenters. The lowest BCUT2D eigenvalue weighted by Gasteiger charge is -2.30. The number of hydrogen-bond donors (Lipinski definition) is 1. The fourth-order valence-corrected chi connectivity index (χ4v) is 4.62. The van der Waals surface area contributed by atoms with Gasteiger partial charge in [0.05, 0.1) is 16.5 Å². The zero-order valence-corrected chi connectivity index (χ0v) is 20.2. The van der Waals surface area contributed by atoms with E-state index in [0.717, 1.165) is 31.2 Å². The molecule has 4 nitrogen and oxygen atoms in total. The van der Waals surface area contributed by atoms with Crippen LogP contribution in [0.4, 0.5) is 0 Å². The maximum Gasteiger partial charge on any atom is 0.242 e. The predicted molar refractivity (Wildman–Crippen MR) is 127 cm³/mol. The molecule has 1 fully saturated rings. The largest absolute Gasteiger partial charge is 0.352 e. The van der Waals surface area contributed by atoms with Crippen molar-refractivity contribution in [1.82, 2.24) is 10.2 Å². The fraction of sp³-hybridized carbons (Fsp3) is 0.391. The van der Waals surface area contributed by atoms with Crippen LogP contribution in [0.25, 0.3) is 0 Å². The molecule has 166 valence electrons. The van der Waals surface area contributed by atoms with E-state index in [9.17, 15) is 9.59 Å². The maximum atomic E-state index is 13.3. The van der Waals surface area contributed by atoms with Gasteiger partial charge in [-0.15, -0.1) is 0 Å². The second kappa shape index (κ2) is 10.9. The van der Waals surface area contributed by atoms with Crippen molar-refractivity contribution in [2.24, 2.45) is 0 Å². The zero-order valence-electron chi connectivity index (χ0n) is 17.1. The molecule has 2 amide bonds. The minimum absolute atomic E-state index is 0.0130. The average molecular weight is 502 g/mol. The lowest BCUT2D eigenvalue weighted by atomic mass is 10.1. The lowest BCUT2D eigenvalue weighted by molar-refractivity contribution is -0.140. The third kappa shape index (κ3) is 6.29. The Kier molecular flexibility index (Phi) is 8.51. The number of carbonyl (C=O) groups excluding carboxylic acids is 2. The normalized spacial score (nSPS) is 15.0. The van der Waals surface area contributed by atoms with Crippen molar-refractivity contribution in [1.29, 1.82) is 0 Å². The van der Waals surface area contributed by atoms with Crippen molar-refractivity contribution in [3.8, 4) is 0 Å². The SMILES string of the molecule is C[C@H](C(=O)NC1CCCC1)N(Cc1ccc(Cl)c(Cl)c1)C(=O)Cc1c(Cl)cccc1Cl. The summed E-state index contributed by atoms with van der Waals surface area (Å²) < 4.78 is 0. The molecule has 0 aliphatic heterocycles. The summed E-state index contributed by atoms with van der Waals surface area (Å²) in [7, 11) is 0. The first-order chi connectivity index (χ1) is 14.8. The van der Waals surface area contributed by atoms with Gasteiger partial charge >= 0.3 is 0 Å². The molecule has 1 aliphatic carbocycles. The van der Waals surface area contributed by atoms with E-state index >= 15 is 0 Å². The van der Waals surface area contributed by atoms with Crippen LogP contribution in [-0.2, 0) is 22.6 Å². The summed E-state index contributed by atoms with van der Waals surface area (Å²) in [6, 6.07) is 9.76. The van der Waals surface area contributed by atoms with Gasteiger partial charge in [-0.05, 0) is 55.2 Å². The summed E-state index contributed by atoms with van der Waals surface area (Å²) in [6.45, 7) is 1.94. The molecular weight excluding hydrogens is 478 g/mol. The summed E-state index contributed by atoms with van der Waals surface area (Å²) in [4.78, 5) is 27.8. The lowest BCUT2D eigenvalue weighted by Crippen LogP contribution is -2.50. The third-order valence-electron chi connectivity index (χ3n) is 5.60. The highest BCUT2D eigenvalue weighted by molar-refractivity contribution is 6.42. The molecule has 1 N–H and O–H groups in total. The number of benzene rings is 2. The van der Waals surface area contributed by atoms with Gasteiger partial charge in [0.2, 0.25) is 11.8 Å². The molecule has 0 radical (unpaired) electrons. The van der Waals surface area contributed by atoms with Gasteiger partial charge in [0.15, 0.2) is 0 Å². The average Bonchev–Trinajstić information content (AvgIpc) is 3.24. The summed E-state index contributed by atoms with van der Waals surface area (Å²) in [5, 5.41) is 4.73. The van der Waals surface area contributed by atoms with Crippen LogP contribution in [0.15, 0.2) is 36.4 Å². The van der Waals surface area contributed by atoms with Gasteiger partial charge in [0, 0.05) is 22.6 Å². The van der Waals surface area contributed by atoms with Gasteiger partial charge in [-0.3, -0.25) is 9.59 Å². The minimum atomic E-state index is -0.677. The Morgan fingerprint density at radius 1 is 1.00 bits per heavy atom. The number of halogens is 4. The van der Waals surface area contributed by atoms with E-state index in [1.165, 1.54) is 4.90 Å². The minimum Gasteiger partial charge on any atom is -0.352 e. The van der Waals surface area contributed by atoms with Crippen molar-refractivity contribution in [3.63, 3.8) is 0 Å². The number of hydrogen-bond acceptors (Lipinski definition) is 2. The number of nitrogens with one attached hydrogen (secondary N) is 1. The van der Waals surface area contributed by atoms with E-state index in [0.29, 0.717) is 25.7 Å². The van der Waals surface area contributed by atoms with Crippen molar-refractivity contribution in [3.05, 3.63) is 67.6 Å². The summed E-state index contributed by atoms with van der Waals surface area (Å²) in [5.74, 6) is -0.430. The molecule has 3 rings (SSSR count). The van der Waals surface area contributed by atoms with Crippen LogP contribution in [0.2, 0.25) is 20.1 Å². The van der Waals surface area contributed by atoms with Gasteiger partial charge in [-0.2, -0.15) is 0 Å². The number of amides is 2. The second-order valence-electron chi connectivity index (χ2n) is 7.81. The van der Waals surface area contributed by atoms with Crippen LogP contribution >= 0.6 is 46.4 Å². The quantitative estimate of drug-likeness (QED) is 0.482. The highest BCUT2D eigenvalue weighted by Crippen LogP contribution is 2.27. The van der Waals surface area contributed by atoms with Gasteiger partial charge < -0.3 is 10.2 Å². The van der Waals surface area contributed by atoms with E-state index in [2.05, 4.69) is 5.32 Å². The Labute approximate surface area is 202 Å². The Morgan fingerprint density at radius 2 is 1.65 bits per heavy atom. The predicted octanol–water partition coefficient (Wildman–Crippen LogP) is 6.32. The van der Waals surface area contributed by atoms with Crippen molar-refractivity contribution in [2.75, 3.05) is 0 Å². The van der Waals surface area contributed by atoms with Crippen LogP contribution in [-0.4, -0.2) is 28.8 Å². The van der Waals surface area contributed by atoms with E-state index in [-0.39, 0.29) is 30.8 Å². The Hall–Kier alpha value is -1.46. The topological polar surface area (TPSA) is 49.4 Å². The van der Waals surface area contributed by atoms with Gasteiger partial charge in [0.25, 0.3) is 0 Å². The second-order valence-corrected chi connectivity index (χ2v) is 9.44. The van der Waals surface area contributed by atoms with Crippen molar-refractivity contribution < 1.29 is 9.59 Å². The molecular formula is C23H24Cl4N2O2. The van der Waals surface area contributed by atoms with Crippen LogP contribution in [0.1, 0.15) is 43.7 Å². The van der Waals surface area contributed by atoms with E-state index in [4.69, 9.17) is 46.4 Å². The van der Waals surface area contributed by atoms with E-state index < -0.39 is 6.04 Å². The number of rotatable bonds is 7. The highest BCUT2D eigenvalue weighted by atomic mass is 35.5. The van der Waals surface area contributed by atoms with Crippen LogP contribution in [0.5, 0.6) is 0 Å². The first-order valence-electron chi connectivity index (χ1n) is 10.2. The molecule has 1 aliphatic rings. The Morgan fingerprint density at radius 3 is 2.26 bits per heavy atom. The Balaban J connectivity index is 1.83. The van der Waals surface area contributed by atoms with E-state index in [1.807, 2.05) is 0 Å². The summed E-state index contributed by atoms with van der Waals surface area (Å²) in [5.41, 5.74) is 1.31.